The van der Waals surface area contributed by atoms with Crippen molar-refractivity contribution in [3.63, 3.8) is 0 Å². The summed E-state index contributed by atoms with van der Waals surface area (Å²) in [7, 11) is -4.07. The van der Waals surface area contributed by atoms with E-state index in [0.717, 1.165) is 28.6 Å². The molecule has 1 saturated carbocycles. The van der Waals surface area contributed by atoms with Gasteiger partial charge in [0.15, 0.2) is 0 Å². The number of benzene rings is 2. The number of alkyl halides is 3. The van der Waals surface area contributed by atoms with Gasteiger partial charge in [-0.2, -0.15) is 17.5 Å². The van der Waals surface area contributed by atoms with Gasteiger partial charge in [-0.25, -0.2) is 17.8 Å². The largest absolute Gasteiger partial charge is 0.416 e. The molecule has 2 aromatic carbocycles. The maximum atomic E-state index is 13.5. The number of carbonyl (C=O) groups excluding carboxylic acids is 1. The number of amides is 1. The van der Waals surface area contributed by atoms with Crippen LogP contribution < -0.4 is 10.2 Å². The Morgan fingerprint density at radius 1 is 0.978 bits per heavy atom. The molecule has 0 radical (unpaired) electrons. The number of sulfonamides is 1. The number of pyridine rings is 1. The molecule has 0 bridgehead atoms. The monoisotopic (exact) mass is 666 g/mol. The summed E-state index contributed by atoms with van der Waals surface area (Å²) in [5.41, 5.74) is -0.471. The van der Waals surface area contributed by atoms with Crippen LogP contribution in [0.3, 0.4) is 0 Å². The maximum Gasteiger partial charge on any atom is 0.416 e. The van der Waals surface area contributed by atoms with Gasteiger partial charge in [0, 0.05) is 31.7 Å². The van der Waals surface area contributed by atoms with E-state index in [4.69, 9.17) is 4.74 Å². The molecule has 1 aliphatic carbocycles. The van der Waals surface area contributed by atoms with E-state index in [-0.39, 0.29) is 18.0 Å². The van der Waals surface area contributed by atoms with E-state index in [9.17, 15) is 30.8 Å². The summed E-state index contributed by atoms with van der Waals surface area (Å²) in [5.74, 6) is -0.439. The van der Waals surface area contributed by atoms with Crippen LogP contribution in [0.15, 0.2) is 65.6 Å². The first-order valence-corrected chi connectivity index (χ1v) is 17.0. The number of likely N-dealkylation sites (N-methyl/N-ethyl adjacent to an activating group) is 1. The van der Waals surface area contributed by atoms with Crippen molar-refractivity contribution in [1.82, 2.24) is 14.6 Å². The second kappa shape index (κ2) is 15.8. The molecule has 8 nitrogen and oxygen atoms in total. The molecule has 1 amide bonds. The fourth-order valence-electron chi connectivity index (χ4n) is 5.10. The SMILES string of the molecule is CC.CC.CCN(C1(C(=O)NCc2cc(-c3ccc(C(F)(F)F)cc3)nc(N3CCOCC3)c2)CC1)S(=O)(=O)c1ccc(F)cc1. The minimum absolute atomic E-state index is 0.0433. The molecule has 2 heterocycles. The highest BCUT2D eigenvalue weighted by atomic mass is 32.2. The molecular weight excluding hydrogens is 624 g/mol. The summed E-state index contributed by atoms with van der Waals surface area (Å²) >= 11 is 0. The van der Waals surface area contributed by atoms with Gasteiger partial charge in [0.25, 0.3) is 0 Å². The Balaban J connectivity index is 0.00000139. The lowest BCUT2D eigenvalue weighted by Crippen LogP contribution is -2.51. The summed E-state index contributed by atoms with van der Waals surface area (Å²) in [5, 5.41) is 2.86. The standard InChI is InChI=1S/C29H30F4N4O4S.2C2H6/c1-2-37(42(39,40)24-9-7-23(30)8-10-24)28(11-12-28)27(38)34-19-20-17-25(21-3-5-22(6-4-21)29(31,32)33)35-26(18-20)36-13-15-41-16-14-36;2*1-2/h3-10,17-18H,2,11-16,19H2,1H3,(H,34,38);2*1-2H3. The fourth-order valence-corrected chi connectivity index (χ4v) is 6.90. The Morgan fingerprint density at radius 2 is 1.57 bits per heavy atom. The quantitative estimate of drug-likeness (QED) is 0.257. The van der Waals surface area contributed by atoms with E-state index in [1.54, 1.807) is 19.1 Å². The highest BCUT2D eigenvalue weighted by molar-refractivity contribution is 7.89. The number of nitrogens with zero attached hydrogens (tertiary/aromatic N) is 3. The summed E-state index contributed by atoms with van der Waals surface area (Å²) in [6, 6.07) is 12.7. The van der Waals surface area contributed by atoms with Crippen LogP contribution in [0, 0.1) is 5.82 Å². The van der Waals surface area contributed by atoms with Gasteiger partial charge in [0.2, 0.25) is 15.9 Å². The molecule has 1 saturated heterocycles. The van der Waals surface area contributed by atoms with E-state index in [1.807, 2.05) is 32.6 Å². The average Bonchev–Trinajstić information content (AvgIpc) is 3.87. The van der Waals surface area contributed by atoms with E-state index >= 15 is 0 Å². The topological polar surface area (TPSA) is 91.8 Å². The molecular formula is C33H42F4N4O4S. The van der Waals surface area contributed by atoms with Gasteiger partial charge in [-0.15, -0.1) is 0 Å². The summed E-state index contributed by atoms with van der Waals surface area (Å²) in [6.07, 6.45) is -3.80. The summed E-state index contributed by atoms with van der Waals surface area (Å²) in [6.45, 7) is 11.9. The molecule has 2 aliphatic rings. The van der Waals surface area contributed by atoms with Crippen molar-refractivity contribution in [2.75, 3.05) is 37.7 Å². The number of rotatable bonds is 9. The van der Waals surface area contributed by atoms with E-state index < -0.39 is 39.0 Å². The van der Waals surface area contributed by atoms with Gasteiger partial charge in [-0.3, -0.25) is 4.79 Å². The first-order valence-electron chi connectivity index (χ1n) is 15.5. The van der Waals surface area contributed by atoms with Crippen LogP contribution in [0.5, 0.6) is 0 Å². The third-order valence-corrected chi connectivity index (χ3v) is 9.54. The average molecular weight is 667 g/mol. The molecule has 2 fully saturated rings. The van der Waals surface area contributed by atoms with E-state index in [2.05, 4.69) is 10.3 Å². The number of halogens is 4. The van der Waals surface area contributed by atoms with E-state index in [1.165, 1.54) is 24.3 Å². The van der Waals surface area contributed by atoms with Gasteiger partial charge in [-0.05, 0) is 66.9 Å². The highest BCUT2D eigenvalue weighted by Gasteiger charge is 2.58. The lowest BCUT2D eigenvalue weighted by Gasteiger charge is -2.30. The van der Waals surface area contributed by atoms with Crippen molar-refractivity contribution < 1.29 is 35.5 Å². The molecule has 0 unspecified atom stereocenters. The summed E-state index contributed by atoms with van der Waals surface area (Å²) in [4.78, 5) is 20.1. The molecule has 0 spiro atoms. The number of hydrogen-bond donors (Lipinski definition) is 1. The molecule has 5 rings (SSSR count). The Labute approximate surface area is 268 Å². The van der Waals surface area contributed by atoms with Crippen LogP contribution in [-0.2, 0) is 32.3 Å². The van der Waals surface area contributed by atoms with Crippen molar-refractivity contribution in [2.45, 2.75) is 70.6 Å². The van der Waals surface area contributed by atoms with Gasteiger partial charge in [0.1, 0.15) is 17.2 Å². The minimum atomic E-state index is -4.47. The molecule has 252 valence electrons. The highest BCUT2D eigenvalue weighted by Crippen LogP contribution is 2.45. The number of hydrogen-bond acceptors (Lipinski definition) is 6. The molecule has 46 heavy (non-hydrogen) atoms. The Hall–Kier alpha value is -3.55. The van der Waals surface area contributed by atoms with Crippen molar-refractivity contribution >= 4 is 21.7 Å². The smallest absolute Gasteiger partial charge is 0.378 e. The van der Waals surface area contributed by atoms with Crippen molar-refractivity contribution in [1.29, 1.82) is 0 Å². The maximum absolute atomic E-state index is 13.5. The predicted octanol–water partition coefficient (Wildman–Crippen LogP) is 6.66. The summed E-state index contributed by atoms with van der Waals surface area (Å²) < 4.78 is 86.1. The van der Waals surface area contributed by atoms with Crippen molar-refractivity contribution in [3.05, 3.63) is 77.6 Å². The number of morpholine rings is 1. The molecule has 1 aromatic heterocycles. The normalized spacial score (nSPS) is 15.7. The molecule has 1 N–H and O–H groups in total. The Kier molecular flexibility index (Phi) is 12.7. The third kappa shape index (κ3) is 8.42. The third-order valence-electron chi connectivity index (χ3n) is 7.48. The minimum Gasteiger partial charge on any atom is -0.378 e. The first-order chi connectivity index (χ1) is 21.9. The molecule has 0 atom stereocenters. The van der Waals surface area contributed by atoms with Crippen LogP contribution in [-0.4, -0.2) is 62.0 Å². The zero-order valence-corrected chi connectivity index (χ0v) is 27.6. The van der Waals surface area contributed by atoms with Crippen molar-refractivity contribution in [3.8, 4) is 11.3 Å². The lowest BCUT2D eigenvalue weighted by atomic mass is 10.1. The van der Waals surface area contributed by atoms with Crippen LogP contribution in [0.1, 0.15) is 58.6 Å². The van der Waals surface area contributed by atoms with Crippen LogP contribution in [0.2, 0.25) is 0 Å². The Bertz CT molecular complexity index is 1540. The molecule has 1 aliphatic heterocycles. The Morgan fingerprint density at radius 3 is 2.09 bits per heavy atom. The zero-order valence-electron chi connectivity index (χ0n) is 26.8. The van der Waals surface area contributed by atoms with Gasteiger partial charge in [-0.1, -0.05) is 46.8 Å². The number of nitrogens with one attached hydrogen (secondary N) is 1. The second-order valence-electron chi connectivity index (χ2n) is 10.2. The van der Waals surface area contributed by atoms with Crippen LogP contribution in [0.4, 0.5) is 23.4 Å². The van der Waals surface area contributed by atoms with Gasteiger partial charge < -0.3 is 15.0 Å². The van der Waals surface area contributed by atoms with Gasteiger partial charge in [0.05, 0.1) is 29.4 Å². The first kappa shape index (κ1) is 36.9. The molecule has 3 aromatic rings. The fraction of sp³-hybridized carbons (Fsp3) is 0.455. The predicted molar refractivity (Wildman–Crippen MR) is 170 cm³/mol. The van der Waals surface area contributed by atoms with Gasteiger partial charge >= 0.3 is 6.18 Å². The van der Waals surface area contributed by atoms with Crippen LogP contribution in [0.25, 0.3) is 11.3 Å². The number of aromatic nitrogens is 1. The molecule has 13 heteroatoms. The van der Waals surface area contributed by atoms with Crippen LogP contribution >= 0.6 is 0 Å². The number of ether oxygens (including phenoxy) is 1. The second-order valence-corrected chi connectivity index (χ2v) is 12.1. The van der Waals surface area contributed by atoms with E-state index in [0.29, 0.717) is 61.8 Å². The number of carbonyl (C=O) groups is 1. The zero-order chi connectivity index (χ0) is 34.1. The van der Waals surface area contributed by atoms with Crippen molar-refractivity contribution in [2.24, 2.45) is 0 Å². The lowest BCUT2D eigenvalue weighted by molar-refractivity contribution is -0.137. The number of anilines is 1.